The summed E-state index contributed by atoms with van der Waals surface area (Å²) in [5.41, 5.74) is 0. The lowest BCUT2D eigenvalue weighted by Crippen LogP contribution is -2.05. The quantitative estimate of drug-likeness (QED) is 0.359. The molecule has 0 aromatic rings. The molecule has 0 rings (SSSR count). The Morgan fingerprint density at radius 3 is 2.55 bits per heavy atom. The van der Waals surface area contributed by atoms with Gasteiger partial charge < -0.3 is 5.11 Å². The van der Waals surface area contributed by atoms with Gasteiger partial charge in [-0.3, -0.25) is 9.59 Å². The van der Waals surface area contributed by atoms with Crippen LogP contribution in [-0.4, -0.2) is 16.9 Å². The zero-order valence-electron chi connectivity index (χ0n) is 6.38. The van der Waals surface area contributed by atoms with E-state index in [1.807, 2.05) is 0 Å². The van der Waals surface area contributed by atoms with Gasteiger partial charge in [0.15, 0.2) is 0 Å². The Hall–Kier alpha value is -1.12. The highest BCUT2D eigenvalue weighted by Crippen LogP contribution is 1.99. The van der Waals surface area contributed by atoms with Gasteiger partial charge in [-0.2, -0.15) is 0 Å². The summed E-state index contributed by atoms with van der Waals surface area (Å²) in [6.45, 7) is 3.49. The third-order valence-electron chi connectivity index (χ3n) is 1.21. The predicted molar refractivity (Wildman–Crippen MR) is 41.3 cm³/mol. The molecule has 62 valence electrons. The van der Waals surface area contributed by atoms with E-state index in [9.17, 15) is 9.59 Å². The summed E-state index contributed by atoms with van der Waals surface area (Å²) in [7, 11) is 0. The SMILES string of the molecule is C=CCCCC(=O)CC(=O)O. The van der Waals surface area contributed by atoms with Gasteiger partial charge >= 0.3 is 5.97 Å². The zero-order valence-corrected chi connectivity index (χ0v) is 6.38. The number of ketones is 1. The van der Waals surface area contributed by atoms with Crippen LogP contribution >= 0.6 is 0 Å². The van der Waals surface area contributed by atoms with E-state index in [0.717, 1.165) is 6.42 Å². The second-order valence-corrected chi connectivity index (χ2v) is 2.29. The second-order valence-electron chi connectivity index (χ2n) is 2.29. The number of allylic oxidation sites excluding steroid dienone is 1. The number of carboxylic acids is 1. The van der Waals surface area contributed by atoms with Crippen LogP contribution in [0, 0.1) is 0 Å². The van der Waals surface area contributed by atoms with Crippen LogP contribution in [0.5, 0.6) is 0 Å². The summed E-state index contributed by atoms with van der Waals surface area (Å²) in [5.74, 6) is -1.26. The van der Waals surface area contributed by atoms with E-state index in [0.29, 0.717) is 12.8 Å². The Bertz CT molecular complexity index is 161. The molecule has 3 nitrogen and oxygen atoms in total. The average molecular weight is 156 g/mol. The molecular weight excluding hydrogens is 144 g/mol. The number of carboxylic acid groups (broad SMARTS) is 1. The van der Waals surface area contributed by atoms with Crippen molar-refractivity contribution in [2.75, 3.05) is 0 Å². The van der Waals surface area contributed by atoms with E-state index in [4.69, 9.17) is 5.11 Å². The van der Waals surface area contributed by atoms with Gasteiger partial charge in [-0.1, -0.05) is 6.08 Å². The van der Waals surface area contributed by atoms with Crippen molar-refractivity contribution in [2.45, 2.75) is 25.7 Å². The van der Waals surface area contributed by atoms with Crippen molar-refractivity contribution in [3.63, 3.8) is 0 Å². The lowest BCUT2D eigenvalue weighted by atomic mass is 10.1. The zero-order chi connectivity index (χ0) is 8.69. The van der Waals surface area contributed by atoms with Crippen LogP contribution in [0.25, 0.3) is 0 Å². The monoisotopic (exact) mass is 156 g/mol. The standard InChI is InChI=1S/C8H12O3/c1-2-3-4-5-7(9)6-8(10)11/h2H,1,3-6H2,(H,10,11). The van der Waals surface area contributed by atoms with E-state index >= 15 is 0 Å². The summed E-state index contributed by atoms with van der Waals surface area (Å²) >= 11 is 0. The number of carbonyl (C=O) groups excluding carboxylic acids is 1. The molecule has 0 fully saturated rings. The van der Waals surface area contributed by atoms with Crippen LogP contribution in [0.4, 0.5) is 0 Å². The van der Waals surface area contributed by atoms with Crippen molar-refractivity contribution in [1.29, 1.82) is 0 Å². The van der Waals surface area contributed by atoms with Gasteiger partial charge in [0.05, 0.1) is 0 Å². The number of Topliss-reactive ketones (excluding diaryl/α,β-unsaturated/α-hetero) is 1. The van der Waals surface area contributed by atoms with Crippen LogP contribution in [0.2, 0.25) is 0 Å². The van der Waals surface area contributed by atoms with E-state index in [2.05, 4.69) is 6.58 Å². The molecule has 0 saturated carbocycles. The Labute approximate surface area is 65.7 Å². The van der Waals surface area contributed by atoms with Gasteiger partial charge in [0.25, 0.3) is 0 Å². The molecule has 0 heterocycles. The molecule has 0 saturated heterocycles. The van der Waals surface area contributed by atoms with E-state index in [1.165, 1.54) is 0 Å². The third kappa shape index (κ3) is 6.77. The molecule has 0 amide bonds. The number of hydrogen-bond acceptors (Lipinski definition) is 2. The van der Waals surface area contributed by atoms with Crippen molar-refractivity contribution < 1.29 is 14.7 Å². The molecule has 0 aliphatic heterocycles. The van der Waals surface area contributed by atoms with Gasteiger partial charge in [-0.05, 0) is 12.8 Å². The topological polar surface area (TPSA) is 54.4 Å². The third-order valence-corrected chi connectivity index (χ3v) is 1.21. The number of hydrogen-bond donors (Lipinski definition) is 1. The fourth-order valence-electron chi connectivity index (χ4n) is 0.701. The minimum Gasteiger partial charge on any atom is -0.481 e. The number of unbranched alkanes of at least 4 members (excludes halogenated alkanes) is 1. The highest BCUT2D eigenvalue weighted by atomic mass is 16.4. The predicted octanol–water partition coefficient (Wildman–Crippen LogP) is 1.39. The molecule has 11 heavy (non-hydrogen) atoms. The maximum Gasteiger partial charge on any atom is 0.310 e. The molecular formula is C8H12O3. The molecule has 3 heteroatoms. The fraction of sp³-hybridized carbons (Fsp3) is 0.500. The molecule has 0 aliphatic carbocycles. The number of aliphatic carboxylic acids is 1. The fourth-order valence-corrected chi connectivity index (χ4v) is 0.701. The maximum absolute atomic E-state index is 10.7. The Kier molecular flexibility index (Phi) is 5.07. The molecule has 0 aromatic heterocycles. The van der Waals surface area contributed by atoms with Crippen molar-refractivity contribution in [3.05, 3.63) is 12.7 Å². The molecule has 1 N–H and O–H groups in total. The van der Waals surface area contributed by atoms with Gasteiger partial charge in [0.1, 0.15) is 12.2 Å². The molecule has 0 aromatic carbocycles. The van der Waals surface area contributed by atoms with Gasteiger partial charge in [-0.25, -0.2) is 0 Å². The first kappa shape index (κ1) is 9.88. The van der Waals surface area contributed by atoms with Crippen molar-refractivity contribution in [1.82, 2.24) is 0 Å². The highest BCUT2D eigenvalue weighted by Gasteiger charge is 2.05. The second kappa shape index (κ2) is 5.65. The van der Waals surface area contributed by atoms with Gasteiger partial charge in [-0.15, -0.1) is 6.58 Å². The molecule has 0 unspecified atom stereocenters. The van der Waals surface area contributed by atoms with Crippen LogP contribution in [-0.2, 0) is 9.59 Å². The summed E-state index contributed by atoms with van der Waals surface area (Å²) in [4.78, 5) is 20.7. The minimum atomic E-state index is -1.05. The largest absolute Gasteiger partial charge is 0.481 e. The van der Waals surface area contributed by atoms with E-state index < -0.39 is 5.97 Å². The van der Waals surface area contributed by atoms with Gasteiger partial charge in [0, 0.05) is 6.42 Å². The highest BCUT2D eigenvalue weighted by molar-refractivity contribution is 5.94. The molecule has 0 bridgehead atoms. The lowest BCUT2D eigenvalue weighted by Gasteiger charge is -1.93. The minimum absolute atomic E-state index is 0.209. The van der Waals surface area contributed by atoms with Crippen LogP contribution < -0.4 is 0 Å². The Balaban J connectivity index is 3.37. The van der Waals surface area contributed by atoms with Crippen molar-refractivity contribution in [2.24, 2.45) is 0 Å². The van der Waals surface area contributed by atoms with E-state index in [1.54, 1.807) is 6.08 Å². The summed E-state index contributed by atoms with van der Waals surface area (Å²) in [5, 5.41) is 8.20. The lowest BCUT2D eigenvalue weighted by molar-refractivity contribution is -0.140. The first-order valence-electron chi connectivity index (χ1n) is 3.51. The summed E-state index contributed by atoms with van der Waals surface area (Å²) in [6, 6.07) is 0. The number of carbonyl (C=O) groups is 2. The summed E-state index contributed by atoms with van der Waals surface area (Å²) in [6.07, 6.45) is 3.19. The van der Waals surface area contributed by atoms with Crippen molar-refractivity contribution in [3.8, 4) is 0 Å². The smallest absolute Gasteiger partial charge is 0.310 e. The molecule has 0 spiro atoms. The molecule has 0 aliphatic rings. The first-order chi connectivity index (χ1) is 5.16. The van der Waals surface area contributed by atoms with Crippen LogP contribution in [0.3, 0.4) is 0 Å². The Morgan fingerprint density at radius 2 is 2.09 bits per heavy atom. The molecule has 0 atom stereocenters. The number of rotatable bonds is 6. The summed E-state index contributed by atoms with van der Waals surface area (Å²) < 4.78 is 0. The van der Waals surface area contributed by atoms with Crippen molar-refractivity contribution >= 4 is 11.8 Å². The van der Waals surface area contributed by atoms with E-state index in [-0.39, 0.29) is 12.2 Å². The van der Waals surface area contributed by atoms with Crippen LogP contribution in [0.1, 0.15) is 25.7 Å². The maximum atomic E-state index is 10.7. The average Bonchev–Trinajstić information content (AvgIpc) is 1.86. The van der Waals surface area contributed by atoms with Crippen LogP contribution in [0.15, 0.2) is 12.7 Å². The first-order valence-corrected chi connectivity index (χ1v) is 3.51. The molecule has 0 radical (unpaired) electrons. The Morgan fingerprint density at radius 1 is 1.45 bits per heavy atom. The normalized spacial score (nSPS) is 9.09. The van der Waals surface area contributed by atoms with Gasteiger partial charge in [0.2, 0.25) is 0 Å².